The number of thioether (sulfide) groups is 1. The molecule has 0 bridgehead atoms. The summed E-state index contributed by atoms with van der Waals surface area (Å²) in [5.41, 5.74) is 2.73. The van der Waals surface area contributed by atoms with Gasteiger partial charge >= 0.3 is 0 Å². The minimum atomic E-state index is -3.65. The number of rotatable bonds is 7. The van der Waals surface area contributed by atoms with Gasteiger partial charge in [-0.25, -0.2) is 13.1 Å². The SMILES string of the molecule is O=C1/C(=C/c2cn(-c3ccccc3)nc2-c2cccc(S(=O)(=O)N3CCCCCC3)c2)SC(=S)N1Cc1ccco1. The number of nitrogens with zero attached hydrogens (tertiary/aromatic N) is 4. The fourth-order valence-corrected chi connectivity index (χ4v) is 7.81. The second kappa shape index (κ2) is 11.8. The standard InChI is InChI=1S/C30H28N4O4S3/c35-29-27(40-30(39)33(29)21-25-13-9-17-38-25)19-23-20-34(24-11-4-3-5-12-24)31-28(23)22-10-8-14-26(18-22)41(36,37)32-15-6-1-2-7-16-32/h3-5,8-14,17-20H,1-2,6-7,15-16,21H2/b27-19-. The van der Waals surface area contributed by atoms with Crippen LogP contribution in [-0.4, -0.2) is 50.7 Å². The van der Waals surface area contributed by atoms with Gasteiger partial charge in [0.1, 0.15) is 15.8 Å². The first kappa shape index (κ1) is 27.6. The Labute approximate surface area is 248 Å². The summed E-state index contributed by atoms with van der Waals surface area (Å²) in [5.74, 6) is 0.426. The van der Waals surface area contributed by atoms with Gasteiger partial charge < -0.3 is 4.42 Å². The van der Waals surface area contributed by atoms with E-state index in [0.29, 0.717) is 44.9 Å². The third-order valence-corrected chi connectivity index (χ3v) is 10.4. The Morgan fingerprint density at radius 1 is 0.976 bits per heavy atom. The van der Waals surface area contributed by atoms with Crippen LogP contribution < -0.4 is 0 Å². The van der Waals surface area contributed by atoms with E-state index in [9.17, 15) is 13.2 Å². The summed E-state index contributed by atoms with van der Waals surface area (Å²) < 4.78 is 36.3. The number of hydrogen-bond donors (Lipinski definition) is 0. The molecular formula is C30H28N4O4S3. The smallest absolute Gasteiger partial charge is 0.266 e. The van der Waals surface area contributed by atoms with Crippen LogP contribution in [0.1, 0.15) is 37.0 Å². The van der Waals surface area contributed by atoms with Crippen LogP contribution in [-0.2, 0) is 21.4 Å². The zero-order valence-corrected chi connectivity index (χ0v) is 24.6. The van der Waals surface area contributed by atoms with E-state index < -0.39 is 10.0 Å². The molecule has 8 nitrogen and oxygen atoms in total. The summed E-state index contributed by atoms with van der Waals surface area (Å²) in [7, 11) is -3.65. The van der Waals surface area contributed by atoms with E-state index >= 15 is 0 Å². The molecule has 2 aromatic carbocycles. The molecule has 41 heavy (non-hydrogen) atoms. The molecule has 2 aliphatic heterocycles. The highest BCUT2D eigenvalue weighted by Crippen LogP contribution is 2.36. The third kappa shape index (κ3) is 5.80. The summed E-state index contributed by atoms with van der Waals surface area (Å²) in [4.78, 5) is 15.6. The lowest BCUT2D eigenvalue weighted by molar-refractivity contribution is -0.122. The molecule has 210 valence electrons. The van der Waals surface area contributed by atoms with Gasteiger partial charge in [0.05, 0.1) is 28.3 Å². The van der Waals surface area contributed by atoms with Crippen molar-refractivity contribution in [2.45, 2.75) is 37.1 Å². The maximum absolute atomic E-state index is 13.6. The molecule has 0 N–H and O–H groups in total. The molecule has 2 saturated heterocycles. The highest BCUT2D eigenvalue weighted by molar-refractivity contribution is 8.26. The highest BCUT2D eigenvalue weighted by Gasteiger charge is 2.33. The van der Waals surface area contributed by atoms with Crippen LogP contribution in [0.4, 0.5) is 0 Å². The van der Waals surface area contributed by atoms with Crippen LogP contribution in [0.25, 0.3) is 23.0 Å². The van der Waals surface area contributed by atoms with Gasteiger partial charge in [-0.05, 0) is 55.3 Å². The minimum absolute atomic E-state index is 0.215. The van der Waals surface area contributed by atoms with Crippen LogP contribution in [0.3, 0.4) is 0 Å². The minimum Gasteiger partial charge on any atom is -0.467 e. The van der Waals surface area contributed by atoms with E-state index in [1.54, 1.807) is 51.7 Å². The van der Waals surface area contributed by atoms with Crippen molar-refractivity contribution in [2.24, 2.45) is 0 Å². The van der Waals surface area contributed by atoms with E-state index in [-0.39, 0.29) is 17.3 Å². The quantitative estimate of drug-likeness (QED) is 0.186. The van der Waals surface area contributed by atoms with E-state index in [1.165, 1.54) is 16.7 Å². The Kier molecular flexibility index (Phi) is 7.94. The molecule has 2 fully saturated rings. The van der Waals surface area contributed by atoms with Gasteiger partial charge in [-0.3, -0.25) is 9.69 Å². The number of para-hydroxylation sites is 1. The number of carbonyl (C=O) groups excluding carboxylic acids is 1. The zero-order valence-electron chi connectivity index (χ0n) is 22.2. The lowest BCUT2D eigenvalue weighted by Gasteiger charge is -2.20. The number of carbonyl (C=O) groups is 1. The summed E-state index contributed by atoms with van der Waals surface area (Å²) in [6.07, 6.45) is 9.00. The largest absolute Gasteiger partial charge is 0.467 e. The number of furan rings is 1. The molecule has 0 saturated carbocycles. The van der Waals surface area contributed by atoms with Crippen LogP contribution in [0.5, 0.6) is 0 Å². The maximum atomic E-state index is 13.6. The summed E-state index contributed by atoms with van der Waals surface area (Å²) in [5, 5.41) is 4.85. The van der Waals surface area contributed by atoms with Crippen LogP contribution >= 0.6 is 24.0 Å². The van der Waals surface area contributed by atoms with Gasteiger partial charge in [0.15, 0.2) is 0 Å². The maximum Gasteiger partial charge on any atom is 0.266 e. The molecule has 11 heteroatoms. The molecule has 2 aliphatic rings. The van der Waals surface area contributed by atoms with Gasteiger partial charge in [0.2, 0.25) is 10.0 Å². The molecule has 0 unspecified atom stereocenters. The lowest BCUT2D eigenvalue weighted by atomic mass is 10.1. The van der Waals surface area contributed by atoms with Crippen molar-refractivity contribution >= 4 is 50.3 Å². The molecule has 4 heterocycles. The topological polar surface area (TPSA) is 88.6 Å². The predicted octanol–water partition coefficient (Wildman–Crippen LogP) is 6.10. The number of hydrogen-bond acceptors (Lipinski definition) is 7. The van der Waals surface area contributed by atoms with Crippen molar-refractivity contribution in [3.63, 3.8) is 0 Å². The van der Waals surface area contributed by atoms with Gasteiger partial charge in [-0.1, -0.05) is 67.2 Å². The average Bonchev–Trinajstić information content (AvgIpc) is 3.65. The molecule has 4 aromatic rings. The van der Waals surface area contributed by atoms with Crippen LogP contribution in [0.15, 0.2) is 93.4 Å². The summed E-state index contributed by atoms with van der Waals surface area (Å²) in [6, 6.07) is 20.1. The predicted molar refractivity (Wildman–Crippen MR) is 164 cm³/mol. The first-order valence-corrected chi connectivity index (χ1v) is 16.1. The number of aromatic nitrogens is 2. The first-order valence-electron chi connectivity index (χ1n) is 13.4. The van der Waals surface area contributed by atoms with Crippen LogP contribution in [0, 0.1) is 0 Å². The lowest BCUT2D eigenvalue weighted by Crippen LogP contribution is -2.31. The molecule has 0 radical (unpaired) electrons. The molecule has 0 spiro atoms. The third-order valence-electron chi connectivity index (χ3n) is 7.13. The Morgan fingerprint density at radius 3 is 2.49 bits per heavy atom. The Morgan fingerprint density at radius 2 is 1.76 bits per heavy atom. The number of sulfonamides is 1. The van der Waals surface area contributed by atoms with Crippen molar-refractivity contribution in [3.8, 4) is 16.9 Å². The summed E-state index contributed by atoms with van der Waals surface area (Å²) in [6.45, 7) is 1.31. The van der Waals surface area contributed by atoms with Gasteiger partial charge in [0.25, 0.3) is 5.91 Å². The van der Waals surface area contributed by atoms with Crippen LogP contribution in [0.2, 0.25) is 0 Å². The van der Waals surface area contributed by atoms with Gasteiger partial charge in [-0.2, -0.15) is 9.40 Å². The van der Waals surface area contributed by atoms with Crippen molar-refractivity contribution < 1.29 is 17.6 Å². The van der Waals surface area contributed by atoms with Gasteiger partial charge in [-0.15, -0.1) is 0 Å². The Balaban J connectivity index is 1.39. The summed E-state index contributed by atoms with van der Waals surface area (Å²) >= 11 is 6.74. The van der Waals surface area contributed by atoms with Crippen molar-refractivity contribution in [1.29, 1.82) is 0 Å². The second-order valence-corrected chi connectivity index (χ2v) is 13.5. The fourth-order valence-electron chi connectivity index (χ4n) is 5.00. The second-order valence-electron chi connectivity index (χ2n) is 9.91. The van der Waals surface area contributed by atoms with Gasteiger partial charge in [0, 0.05) is 30.4 Å². The van der Waals surface area contributed by atoms with E-state index in [1.807, 2.05) is 42.6 Å². The number of thiocarbonyl (C=S) groups is 1. The van der Waals surface area contributed by atoms with Crippen molar-refractivity contribution in [3.05, 3.63) is 95.4 Å². The molecular weight excluding hydrogens is 577 g/mol. The molecule has 0 aliphatic carbocycles. The normalized spacial score (nSPS) is 17.9. The number of amides is 1. The van der Waals surface area contributed by atoms with E-state index in [2.05, 4.69) is 0 Å². The van der Waals surface area contributed by atoms with E-state index in [4.69, 9.17) is 21.7 Å². The fraction of sp³-hybridized carbons (Fsp3) is 0.233. The molecule has 1 amide bonds. The number of benzene rings is 2. The van der Waals surface area contributed by atoms with Crippen molar-refractivity contribution in [1.82, 2.24) is 19.0 Å². The molecule has 6 rings (SSSR count). The van der Waals surface area contributed by atoms with Crippen molar-refractivity contribution in [2.75, 3.05) is 13.1 Å². The average molecular weight is 605 g/mol. The highest BCUT2D eigenvalue weighted by atomic mass is 32.2. The molecule has 2 aromatic heterocycles. The monoisotopic (exact) mass is 604 g/mol. The zero-order chi connectivity index (χ0) is 28.4. The Bertz CT molecular complexity index is 1710. The Hall–Kier alpha value is -3.51. The molecule has 0 atom stereocenters. The first-order chi connectivity index (χ1) is 19.9. The van der Waals surface area contributed by atoms with E-state index in [0.717, 1.165) is 31.4 Å².